The van der Waals surface area contributed by atoms with E-state index >= 15 is 0 Å². The second-order valence-electron chi connectivity index (χ2n) is 4.16. The maximum absolute atomic E-state index is 12.7. The molecule has 11 heteroatoms. The summed E-state index contributed by atoms with van der Waals surface area (Å²) >= 11 is 7.35. The Kier molecular flexibility index (Phi) is 5.63. The highest BCUT2D eigenvalue weighted by molar-refractivity contribution is 9.11. The summed E-state index contributed by atoms with van der Waals surface area (Å²) < 4.78 is 38.9. The number of nitrogens with zero attached hydrogens (tertiary/aromatic N) is 2. The minimum Gasteiger partial charge on any atom is -0.338 e. The number of amides is 2. The van der Waals surface area contributed by atoms with Crippen molar-refractivity contribution in [1.82, 2.24) is 15.3 Å². The first-order valence-corrected chi connectivity index (χ1v) is 8.62. The largest absolute Gasteiger partial charge is 0.434 e. The number of anilines is 1. The number of nitrogens with one attached hydrogen (secondary N) is 2. The van der Waals surface area contributed by atoms with Gasteiger partial charge in [0.25, 0.3) is 0 Å². The van der Waals surface area contributed by atoms with E-state index < -0.39 is 17.9 Å². The van der Waals surface area contributed by atoms with Crippen molar-refractivity contribution >= 4 is 55.0 Å². The van der Waals surface area contributed by atoms with Gasteiger partial charge in [-0.15, -0.1) is 11.3 Å². The normalized spacial score (nSPS) is 11.4. The van der Waals surface area contributed by atoms with Gasteiger partial charge < -0.3 is 5.32 Å². The van der Waals surface area contributed by atoms with Crippen molar-refractivity contribution < 1.29 is 18.0 Å². The highest BCUT2D eigenvalue weighted by Gasteiger charge is 2.34. The van der Waals surface area contributed by atoms with E-state index in [-0.39, 0.29) is 10.8 Å². The van der Waals surface area contributed by atoms with Gasteiger partial charge in [0.15, 0.2) is 5.69 Å². The summed E-state index contributed by atoms with van der Waals surface area (Å²) in [5.74, 6) is 0.179. The number of thiazole rings is 1. The Bertz CT molecular complexity index is 736. The lowest BCUT2D eigenvalue weighted by atomic mass is 10.2. The van der Waals surface area contributed by atoms with Crippen LogP contribution in [0.5, 0.6) is 0 Å². The van der Waals surface area contributed by atoms with Crippen molar-refractivity contribution in [2.45, 2.75) is 13.1 Å². The van der Waals surface area contributed by atoms with E-state index in [4.69, 9.17) is 0 Å². The maximum atomic E-state index is 12.7. The monoisotopic (exact) mass is 472 g/mol. The van der Waals surface area contributed by atoms with Crippen LogP contribution >= 0.6 is 43.2 Å². The van der Waals surface area contributed by atoms with Gasteiger partial charge in [-0.1, -0.05) is 0 Å². The van der Waals surface area contributed by atoms with Crippen molar-refractivity contribution in [1.29, 1.82) is 0 Å². The van der Waals surface area contributed by atoms with Crippen molar-refractivity contribution in [2.75, 3.05) is 11.9 Å². The number of alkyl halides is 3. The number of urea groups is 1. The van der Waals surface area contributed by atoms with E-state index in [0.717, 1.165) is 16.7 Å². The lowest BCUT2D eigenvalue weighted by Crippen LogP contribution is -2.28. The molecule has 0 spiro atoms. The van der Waals surface area contributed by atoms with Crippen LogP contribution in [0.1, 0.15) is 12.6 Å². The van der Waals surface area contributed by atoms with Gasteiger partial charge in [0.2, 0.25) is 0 Å². The molecule has 0 aliphatic carbocycles. The molecule has 2 heterocycles. The van der Waals surface area contributed by atoms with Crippen LogP contribution in [0.2, 0.25) is 0 Å². The molecule has 5 nitrogen and oxygen atoms in total. The summed E-state index contributed by atoms with van der Waals surface area (Å²) in [6, 6.07) is -0.468. The molecule has 2 aromatic heterocycles. The number of carbonyl (C=O) groups is 1. The Morgan fingerprint density at radius 1 is 1.39 bits per heavy atom. The van der Waals surface area contributed by atoms with Crippen LogP contribution in [-0.2, 0) is 6.18 Å². The molecule has 0 aliphatic heterocycles. The number of halogens is 5. The molecule has 0 aliphatic rings. The van der Waals surface area contributed by atoms with Crippen molar-refractivity contribution in [3.05, 3.63) is 26.2 Å². The van der Waals surface area contributed by atoms with Gasteiger partial charge >= 0.3 is 12.2 Å². The van der Waals surface area contributed by atoms with E-state index in [1.807, 2.05) is 0 Å². The van der Waals surface area contributed by atoms with Crippen molar-refractivity contribution in [3.8, 4) is 10.6 Å². The van der Waals surface area contributed by atoms with Crippen LogP contribution in [-0.4, -0.2) is 22.5 Å². The molecule has 0 saturated carbocycles. The number of hydrogen-bond donors (Lipinski definition) is 2. The van der Waals surface area contributed by atoms with E-state index in [1.165, 1.54) is 6.20 Å². The van der Waals surface area contributed by atoms with Gasteiger partial charge in [-0.25, -0.2) is 14.8 Å². The number of aromatic nitrogens is 2. The first kappa shape index (κ1) is 18.1. The van der Waals surface area contributed by atoms with Gasteiger partial charge in [0.05, 0.1) is 4.47 Å². The minimum absolute atomic E-state index is 0.150. The van der Waals surface area contributed by atoms with Crippen molar-refractivity contribution in [2.24, 2.45) is 0 Å². The Morgan fingerprint density at radius 2 is 2.09 bits per heavy atom. The average Bonchev–Trinajstić information content (AvgIpc) is 2.92. The fraction of sp³-hybridized carbons (Fsp3) is 0.250. The van der Waals surface area contributed by atoms with Gasteiger partial charge in [-0.05, 0) is 38.8 Å². The zero-order chi connectivity index (χ0) is 17.2. The van der Waals surface area contributed by atoms with E-state index in [2.05, 4.69) is 52.5 Å². The van der Waals surface area contributed by atoms with Gasteiger partial charge in [-0.3, -0.25) is 5.32 Å². The topological polar surface area (TPSA) is 66.9 Å². The predicted octanol–water partition coefficient (Wildman–Crippen LogP) is 4.89. The Morgan fingerprint density at radius 3 is 2.65 bits per heavy atom. The Hall–Kier alpha value is -1.20. The van der Waals surface area contributed by atoms with Gasteiger partial charge in [0, 0.05) is 28.2 Å². The first-order chi connectivity index (χ1) is 10.7. The molecule has 2 aromatic rings. The molecule has 0 fully saturated rings. The molecule has 2 N–H and O–H groups in total. The number of hydrogen-bond acceptors (Lipinski definition) is 4. The van der Waals surface area contributed by atoms with E-state index in [0.29, 0.717) is 21.1 Å². The zero-order valence-corrected chi connectivity index (χ0v) is 15.5. The predicted molar refractivity (Wildman–Crippen MR) is 88.4 cm³/mol. The Balaban J connectivity index is 2.42. The molecule has 124 valence electrons. The van der Waals surface area contributed by atoms with Crippen LogP contribution in [0.25, 0.3) is 10.6 Å². The summed E-state index contributed by atoms with van der Waals surface area (Å²) in [5, 5.41) is 6.13. The fourth-order valence-corrected chi connectivity index (χ4v) is 4.09. The summed E-state index contributed by atoms with van der Waals surface area (Å²) in [6.45, 7) is 2.18. The van der Waals surface area contributed by atoms with Crippen LogP contribution < -0.4 is 10.6 Å². The van der Waals surface area contributed by atoms with Crippen LogP contribution in [0.15, 0.2) is 20.5 Å². The quantitative estimate of drug-likeness (QED) is 0.666. The highest BCUT2D eigenvalue weighted by atomic mass is 79.9. The smallest absolute Gasteiger partial charge is 0.338 e. The minimum atomic E-state index is -4.51. The lowest BCUT2D eigenvalue weighted by Gasteiger charge is -2.11. The van der Waals surface area contributed by atoms with Crippen molar-refractivity contribution in [3.63, 3.8) is 0 Å². The molecule has 0 radical (unpaired) electrons. The summed E-state index contributed by atoms with van der Waals surface area (Å²) in [7, 11) is 0. The molecule has 0 saturated heterocycles. The molecular formula is C12H9Br2F3N4OS. The third-order valence-electron chi connectivity index (χ3n) is 2.55. The highest BCUT2D eigenvalue weighted by Crippen LogP contribution is 2.41. The van der Waals surface area contributed by atoms with Crippen LogP contribution in [0.4, 0.5) is 23.8 Å². The lowest BCUT2D eigenvalue weighted by molar-refractivity contribution is -0.140. The van der Waals surface area contributed by atoms with Crippen LogP contribution in [0, 0.1) is 0 Å². The molecule has 0 aromatic carbocycles. The molecule has 0 bridgehead atoms. The molecule has 2 amide bonds. The standard InChI is InChI=1S/C12H9Br2F3N4OS/c1-2-18-11(22)21-9-8(14)7(5(13)3-19-9)10-20-6(4-23-10)12(15,16)17/h3-4H,2H2,1H3,(H2,18,19,21,22). The molecular weight excluding hydrogens is 465 g/mol. The number of pyridine rings is 1. The fourth-order valence-electron chi connectivity index (χ4n) is 1.58. The number of rotatable bonds is 3. The molecule has 23 heavy (non-hydrogen) atoms. The summed E-state index contributed by atoms with van der Waals surface area (Å²) in [4.78, 5) is 19.2. The second-order valence-corrected chi connectivity index (χ2v) is 6.67. The molecule has 2 rings (SSSR count). The van der Waals surface area contributed by atoms with Gasteiger partial charge in [-0.2, -0.15) is 13.2 Å². The maximum Gasteiger partial charge on any atom is 0.434 e. The Labute approximate surface area is 150 Å². The SMILES string of the molecule is CCNC(=O)Nc1ncc(Br)c(-c2nc(C(F)(F)F)cs2)c1Br. The van der Waals surface area contributed by atoms with E-state index in [1.54, 1.807) is 6.92 Å². The first-order valence-electron chi connectivity index (χ1n) is 6.16. The molecule has 0 atom stereocenters. The zero-order valence-electron chi connectivity index (χ0n) is 11.5. The summed E-state index contributed by atoms with van der Waals surface area (Å²) in [6.07, 6.45) is -3.13. The van der Waals surface area contributed by atoms with E-state index in [9.17, 15) is 18.0 Å². The van der Waals surface area contributed by atoms with Gasteiger partial charge in [0.1, 0.15) is 10.8 Å². The summed E-state index contributed by atoms with van der Waals surface area (Å²) in [5.41, 5.74) is -0.585. The number of carbonyl (C=O) groups excluding carboxylic acids is 1. The van der Waals surface area contributed by atoms with Crippen LogP contribution in [0.3, 0.4) is 0 Å². The molecule has 0 unspecified atom stereocenters. The second kappa shape index (κ2) is 7.14. The average molecular weight is 474 g/mol. The third kappa shape index (κ3) is 4.21. The third-order valence-corrected chi connectivity index (χ3v) is 4.78.